The molecule has 2 N–H and O–H groups in total. The first-order valence-corrected chi connectivity index (χ1v) is 5.10. The molecule has 3 heteroatoms. The Balaban J connectivity index is 2.82. The van der Waals surface area contributed by atoms with Crippen LogP contribution in [0.3, 0.4) is 0 Å². The van der Waals surface area contributed by atoms with Gasteiger partial charge in [0.15, 0.2) is 6.79 Å². The third-order valence-corrected chi connectivity index (χ3v) is 2.09. The molecule has 0 bridgehead atoms. The van der Waals surface area contributed by atoms with E-state index in [9.17, 15) is 0 Å². The Bertz CT molecular complexity index is 310. The fourth-order valence-corrected chi connectivity index (χ4v) is 1.48. The second kappa shape index (κ2) is 5.73. The largest absolute Gasteiger partial charge is 0.467 e. The smallest absolute Gasteiger partial charge is 0.188 e. The molecule has 0 amide bonds. The molecule has 0 spiro atoms. The van der Waals surface area contributed by atoms with Crippen molar-refractivity contribution in [3.8, 4) is 5.75 Å². The number of rotatable bonds is 5. The number of methoxy groups -OCH3 is 1. The van der Waals surface area contributed by atoms with Gasteiger partial charge in [0, 0.05) is 13.2 Å². The van der Waals surface area contributed by atoms with Gasteiger partial charge >= 0.3 is 0 Å². The molecule has 3 nitrogen and oxygen atoms in total. The normalized spacial score (nSPS) is 12.5. The molecule has 0 fully saturated rings. The molecule has 0 aliphatic heterocycles. The van der Waals surface area contributed by atoms with Crippen LogP contribution >= 0.6 is 0 Å². The highest BCUT2D eigenvalue weighted by molar-refractivity contribution is 5.37. The summed E-state index contributed by atoms with van der Waals surface area (Å²) in [5, 5.41) is 0. The molecule has 1 aromatic carbocycles. The Kier molecular flexibility index (Phi) is 4.59. The van der Waals surface area contributed by atoms with Crippen LogP contribution in [0.25, 0.3) is 0 Å². The van der Waals surface area contributed by atoms with Crippen LogP contribution in [0.15, 0.2) is 18.2 Å². The van der Waals surface area contributed by atoms with Crippen LogP contribution in [0, 0.1) is 6.92 Å². The first-order valence-electron chi connectivity index (χ1n) is 5.10. The Labute approximate surface area is 91.2 Å². The van der Waals surface area contributed by atoms with Crippen LogP contribution in [0.5, 0.6) is 5.75 Å². The molecule has 1 rings (SSSR count). The van der Waals surface area contributed by atoms with E-state index in [1.807, 2.05) is 19.1 Å². The standard InChI is InChI=1S/C12H19NO2/c1-9-4-5-12(15-8-14-3)11(6-9)7-10(2)13/h4-6,10H,7-8,13H2,1-3H3. The Morgan fingerprint density at radius 3 is 2.73 bits per heavy atom. The van der Waals surface area contributed by atoms with Crippen molar-refractivity contribution in [3.05, 3.63) is 29.3 Å². The highest BCUT2D eigenvalue weighted by Gasteiger charge is 2.06. The molecule has 84 valence electrons. The fourth-order valence-electron chi connectivity index (χ4n) is 1.48. The lowest BCUT2D eigenvalue weighted by molar-refractivity contribution is 0.0504. The van der Waals surface area contributed by atoms with Gasteiger partial charge in [0.1, 0.15) is 5.75 Å². The van der Waals surface area contributed by atoms with E-state index in [0.29, 0.717) is 0 Å². The minimum Gasteiger partial charge on any atom is -0.467 e. The fraction of sp³-hybridized carbons (Fsp3) is 0.500. The molecule has 1 aromatic rings. The van der Waals surface area contributed by atoms with Crippen molar-refractivity contribution in [2.75, 3.05) is 13.9 Å². The molecule has 0 aromatic heterocycles. The average molecular weight is 209 g/mol. The summed E-state index contributed by atoms with van der Waals surface area (Å²) in [5.41, 5.74) is 8.14. The molecule has 1 atom stereocenters. The van der Waals surface area contributed by atoms with Crippen LogP contribution < -0.4 is 10.5 Å². The summed E-state index contributed by atoms with van der Waals surface area (Å²) in [7, 11) is 1.61. The van der Waals surface area contributed by atoms with Crippen LogP contribution in [0.4, 0.5) is 0 Å². The van der Waals surface area contributed by atoms with Crippen molar-refractivity contribution < 1.29 is 9.47 Å². The lowest BCUT2D eigenvalue weighted by atomic mass is 10.0. The van der Waals surface area contributed by atoms with Crippen LogP contribution in [-0.2, 0) is 11.2 Å². The van der Waals surface area contributed by atoms with Gasteiger partial charge in [-0.1, -0.05) is 17.7 Å². The van der Waals surface area contributed by atoms with Gasteiger partial charge in [-0.05, 0) is 31.9 Å². The van der Waals surface area contributed by atoms with Gasteiger partial charge in [-0.15, -0.1) is 0 Å². The molecule has 0 heterocycles. The van der Waals surface area contributed by atoms with E-state index >= 15 is 0 Å². The van der Waals surface area contributed by atoms with E-state index in [-0.39, 0.29) is 12.8 Å². The molecule has 0 saturated carbocycles. The summed E-state index contributed by atoms with van der Waals surface area (Å²) < 4.78 is 10.3. The SMILES string of the molecule is COCOc1ccc(C)cc1CC(C)N. The minimum absolute atomic E-state index is 0.136. The Hall–Kier alpha value is -1.06. The van der Waals surface area contributed by atoms with Gasteiger partial charge in [0.05, 0.1) is 0 Å². The van der Waals surface area contributed by atoms with Gasteiger partial charge in [0.2, 0.25) is 0 Å². The Morgan fingerprint density at radius 1 is 1.40 bits per heavy atom. The van der Waals surface area contributed by atoms with Crippen molar-refractivity contribution >= 4 is 0 Å². The van der Waals surface area contributed by atoms with Crippen molar-refractivity contribution in [2.24, 2.45) is 5.73 Å². The quantitative estimate of drug-likeness (QED) is 0.753. The highest BCUT2D eigenvalue weighted by atomic mass is 16.7. The molecule has 0 radical (unpaired) electrons. The maximum absolute atomic E-state index is 5.79. The molecule has 0 aliphatic carbocycles. The van der Waals surface area contributed by atoms with Gasteiger partial charge in [-0.2, -0.15) is 0 Å². The summed E-state index contributed by atoms with van der Waals surface area (Å²) in [6, 6.07) is 6.23. The number of hydrogen-bond acceptors (Lipinski definition) is 3. The van der Waals surface area contributed by atoms with E-state index in [2.05, 4.69) is 13.0 Å². The number of nitrogens with two attached hydrogens (primary N) is 1. The van der Waals surface area contributed by atoms with Crippen LogP contribution in [-0.4, -0.2) is 19.9 Å². The second-order valence-corrected chi connectivity index (χ2v) is 3.84. The van der Waals surface area contributed by atoms with Gasteiger partial charge < -0.3 is 15.2 Å². The van der Waals surface area contributed by atoms with Crippen LogP contribution in [0.2, 0.25) is 0 Å². The number of benzene rings is 1. The zero-order valence-corrected chi connectivity index (χ0v) is 9.62. The lowest BCUT2D eigenvalue weighted by Crippen LogP contribution is -2.18. The predicted octanol–water partition coefficient (Wildman–Crippen LogP) is 1.87. The van der Waals surface area contributed by atoms with E-state index in [1.165, 1.54) is 5.56 Å². The lowest BCUT2D eigenvalue weighted by Gasteiger charge is -2.13. The summed E-state index contributed by atoms with van der Waals surface area (Å²) in [5.74, 6) is 0.861. The van der Waals surface area contributed by atoms with Gasteiger partial charge in [-0.3, -0.25) is 0 Å². The Morgan fingerprint density at radius 2 is 2.13 bits per heavy atom. The first kappa shape index (κ1) is 12.0. The van der Waals surface area contributed by atoms with E-state index in [0.717, 1.165) is 17.7 Å². The maximum Gasteiger partial charge on any atom is 0.188 e. The molecular formula is C12H19NO2. The monoisotopic (exact) mass is 209 g/mol. The van der Waals surface area contributed by atoms with E-state index in [1.54, 1.807) is 7.11 Å². The molecular weight excluding hydrogens is 190 g/mol. The minimum atomic E-state index is 0.136. The highest BCUT2D eigenvalue weighted by Crippen LogP contribution is 2.21. The zero-order valence-electron chi connectivity index (χ0n) is 9.62. The summed E-state index contributed by atoms with van der Waals surface area (Å²) >= 11 is 0. The van der Waals surface area contributed by atoms with Crippen molar-refractivity contribution in [1.29, 1.82) is 0 Å². The third-order valence-electron chi connectivity index (χ3n) is 2.09. The number of hydrogen-bond donors (Lipinski definition) is 1. The zero-order chi connectivity index (χ0) is 11.3. The molecule has 0 aliphatic rings. The second-order valence-electron chi connectivity index (χ2n) is 3.84. The van der Waals surface area contributed by atoms with Crippen molar-refractivity contribution in [1.82, 2.24) is 0 Å². The summed E-state index contributed by atoms with van der Waals surface area (Å²) in [4.78, 5) is 0. The third kappa shape index (κ3) is 3.90. The van der Waals surface area contributed by atoms with Crippen molar-refractivity contribution in [2.45, 2.75) is 26.3 Å². The molecule has 0 saturated heterocycles. The molecule has 1 unspecified atom stereocenters. The average Bonchev–Trinajstić information content (AvgIpc) is 2.16. The maximum atomic E-state index is 5.79. The van der Waals surface area contributed by atoms with Gasteiger partial charge in [0.25, 0.3) is 0 Å². The first-order chi connectivity index (χ1) is 7.13. The summed E-state index contributed by atoms with van der Waals surface area (Å²) in [6.07, 6.45) is 0.820. The summed E-state index contributed by atoms with van der Waals surface area (Å²) in [6.45, 7) is 4.32. The van der Waals surface area contributed by atoms with Crippen LogP contribution in [0.1, 0.15) is 18.1 Å². The number of ether oxygens (including phenoxy) is 2. The van der Waals surface area contributed by atoms with E-state index in [4.69, 9.17) is 15.2 Å². The topological polar surface area (TPSA) is 44.5 Å². The predicted molar refractivity (Wildman–Crippen MR) is 61.0 cm³/mol. The molecule has 15 heavy (non-hydrogen) atoms. The van der Waals surface area contributed by atoms with Crippen molar-refractivity contribution in [3.63, 3.8) is 0 Å². The van der Waals surface area contributed by atoms with E-state index < -0.39 is 0 Å². The van der Waals surface area contributed by atoms with Gasteiger partial charge in [-0.25, -0.2) is 0 Å². The number of aryl methyl sites for hydroxylation is 1.